The largest absolute Gasteiger partial charge is 0.368 e. The standard InChI is InChI=1S/C16H23BrN2O/c17-10-6-2-5-9-16(20)19-13-11-18(12-14-19)15-7-3-1-4-8-15/h1,3-4,7-8H,2,5-6,9-14H2. The molecule has 1 saturated heterocycles. The van der Waals surface area contributed by atoms with E-state index in [-0.39, 0.29) is 0 Å². The van der Waals surface area contributed by atoms with Crippen LogP contribution in [-0.4, -0.2) is 42.3 Å². The zero-order chi connectivity index (χ0) is 14.2. The maximum atomic E-state index is 12.1. The third kappa shape index (κ3) is 4.51. The van der Waals surface area contributed by atoms with Crippen LogP contribution in [0.4, 0.5) is 5.69 Å². The second-order valence-electron chi connectivity index (χ2n) is 5.20. The Morgan fingerprint density at radius 2 is 1.70 bits per heavy atom. The first-order chi connectivity index (χ1) is 9.81. The number of para-hydroxylation sites is 1. The molecule has 1 heterocycles. The van der Waals surface area contributed by atoms with Crippen LogP contribution in [0.2, 0.25) is 0 Å². The molecule has 0 radical (unpaired) electrons. The smallest absolute Gasteiger partial charge is 0.222 e. The van der Waals surface area contributed by atoms with Gasteiger partial charge in [0.25, 0.3) is 0 Å². The zero-order valence-corrected chi connectivity index (χ0v) is 13.5. The van der Waals surface area contributed by atoms with E-state index in [1.807, 2.05) is 11.0 Å². The number of anilines is 1. The number of piperazine rings is 1. The molecule has 1 aliphatic rings. The van der Waals surface area contributed by atoms with E-state index in [0.29, 0.717) is 12.3 Å². The van der Waals surface area contributed by atoms with Crippen LogP contribution in [0.3, 0.4) is 0 Å². The van der Waals surface area contributed by atoms with Crippen molar-refractivity contribution in [2.24, 2.45) is 0 Å². The molecular formula is C16H23BrN2O. The second kappa shape index (κ2) is 8.30. The van der Waals surface area contributed by atoms with E-state index < -0.39 is 0 Å². The lowest BCUT2D eigenvalue weighted by atomic mass is 10.1. The SMILES string of the molecule is O=C(CCCCCBr)N1CCN(c2ccccc2)CC1. The molecule has 1 amide bonds. The third-order valence-corrected chi connectivity index (χ3v) is 4.34. The topological polar surface area (TPSA) is 23.6 Å². The van der Waals surface area contributed by atoms with Crippen LogP contribution < -0.4 is 4.90 Å². The van der Waals surface area contributed by atoms with Crippen LogP contribution in [0.25, 0.3) is 0 Å². The number of hydrogen-bond donors (Lipinski definition) is 0. The maximum absolute atomic E-state index is 12.1. The summed E-state index contributed by atoms with van der Waals surface area (Å²) in [6.07, 6.45) is 4.03. The van der Waals surface area contributed by atoms with Crippen molar-refractivity contribution in [2.75, 3.05) is 36.4 Å². The van der Waals surface area contributed by atoms with Crippen molar-refractivity contribution < 1.29 is 4.79 Å². The molecule has 3 nitrogen and oxygen atoms in total. The molecule has 2 rings (SSSR count). The van der Waals surface area contributed by atoms with Crippen LogP contribution in [0.15, 0.2) is 30.3 Å². The van der Waals surface area contributed by atoms with Gasteiger partial charge in [-0.1, -0.05) is 40.5 Å². The molecule has 1 aromatic carbocycles. The predicted octanol–water partition coefficient (Wildman–Crippen LogP) is 3.29. The molecule has 20 heavy (non-hydrogen) atoms. The molecule has 0 N–H and O–H groups in total. The minimum Gasteiger partial charge on any atom is -0.368 e. The highest BCUT2D eigenvalue weighted by atomic mass is 79.9. The van der Waals surface area contributed by atoms with E-state index in [1.54, 1.807) is 0 Å². The van der Waals surface area contributed by atoms with Crippen molar-refractivity contribution in [1.29, 1.82) is 0 Å². The van der Waals surface area contributed by atoms with Crippen molar-refractivity contribution in [3.05, 3.63) is 30.3 Å². The molecule has 4 heteroatoms. The lowest BCUT2D eigenvalue weighted by Gasteiger charge is -2.36. The monoisotopic (exact) mass is 338 g/mol. The average molecular weight is 339 g/mol. The fourth-order valence-corrected chi connectivity index (χ4v) is 2.95. The third-order valence-electron chi connectivity index (χ3n) is 3.78. The van der Waals surface area contributed by atoms with E-state index in [9.17, 15) is 4.79 Å². The molecule has 0 atom stereocenters. The van der Waals surface area contributed by atoms with E-state index in [2.05, 4.69) is 45.1 Å². The van der Waals surface area contributed by atoms with Crippen molar-refractivity contribution in [3.8, 4) is 0 Å². The number of unbranched alkanes of at least 4 members (excludes halogenated alkanes) is 2. The summed E-state index contributed by atoms with van der Waals surface area (Å²) in [4.78, 5) is 16.5. The molecule has 0 spiro atoms. The van der Waals surface area contributed by atoms with Gasteiger partial charge in [-0.2, -0.15) is 0 Å². The summed E-state index contributed by atoms with van der Waals surface area (Å²) in [6.45, 7) is 3.59. The molecule has 0 aromatic heterocycles. The molecule has 1 aliphatic heterocycles. The number of nitrogens with zero attached hydrogens (tertiary/aromatic N) is 2. The highest BCUT2D eigenvalue weighted by molar-refractivity contribution is 9.09. The summed E-state index contributed by atoms with van der Waals surface area (Å²) >= 11 is 3.42. The highest BCUT2D eigenvalue weighted by Gasteiger charge is 2.20. The first-order valence-electron chi connectivity index (χ1n) is 7.45. The predicted molar refractivity (Wildman–Crippen MR) is 87.5 cm³/mol. The van der Waals surface area contributed by atoms with Crippen molar-refractivity contribution in [3.63, 3.8) is 0 Å². The molecule has 1 fully saturated rings. The quantitative estimate of drug-likeness (QED) is 0.587. The molecule has 110 valence electrons. The summed E-state index contributed by atoms with van der Waals surface area (Å²) in [5, 5.41) is 1.04. The summed E-state index contributed by atoms with van der Waals surface area (Å²) in [7, 11) is 0. The van der Waals surface area contributed by atoms with Crippen LogP contribution in [0.1, 0.15) is 25.7 Å². The van der Waals surface area contributed by atoms with Gasteiger partial charge >= 0.3 is 0 Å². The number of carbonyl (C=O) groups is 1. The van der Waals surface area contributed by atoms with Gasteiger partial charge in [-0.15, -0.1) is 0 Å². The van der Waals surface area contributed by atoms with Crippen LogP contribution in [0.5, 0.6) is 0 Å². The first-order valence-corrected chi connectivity index (χ1v) is 8.57. The fraction of sp³-hybridized carbons (Fsp3) is 0.562. The summed E-state index contributed by atoms with van der Waals surface area (Å²) in [5.74, 6) is 0.326. The van der Waals surface area contributed by atoms with Crippen LogP contribution in [-0.2, 0) is 4.79 Å². The first kappa shape index (κ1) is 15.4. The molecule has 0 unspecified atom stereocenters. The van der Waals surface area contributed by atoms with Gasteiger partial charge in [-0.05, 0) is 25.0 Å². The minimum atomic E-state index is 0.326. The number of alkyl halides is 1. The minimum absolute atomic E-state index is 0.326. The summed E-state index contributed by atoms with van der Waals surface area (Å²) in [5.41, 5.74) is 1.26. The van der Waals surface area contributed by atoms with Gasteiger partial charge < -0.3 is 9.80 Å². The van der Waals surface area contributed by atoms with Gasteiger partial charge in [0.15, 0.2) is 0 Å². The Balaban J connectivity index is 1.72. The normalized spacial score (nSPS) is 15.4. The molecular weight excluding hydrogens is 316 g/mol. The number of benzene rings is 1. The van der Waals surface area contributed by atoms with Gasteiger partial charge in [0.05, 0.1) is 0 Å². The van der Waals surface area contributed by atoms with Crippen molar-refractivity contribution in [2.45, 2.75) is 25.7 Å². The van der Waals surface area contributed by atoms with Gasteiger partial charge in [0.2, 0.25) is 5.91 Å². The zero-order valence-electron chi connectivity index (χ0n) is 11.9. The number of amides is 1. The van der Waals surface area contributed by atoms with Gasteiger partial charge in [-0.25, -0.2) is 0 Å². The van der Waals surface area contributed by atoms with Gasteiger partial charge in [0.1, 0.15) is 0 Å². The van der Waals surface area contributed by atoms with Gasteiger partial charge in [0, 0.05) is 43.6 Å². The number of rotatable bonds is 6. The average Bonchev–Trinajstić information content (AvgIpc) is 2.52. The number of hydrogen-bond acceptors (Lipinski definition) is 2. The maximum Gasteiger partial charge on any atom is 0.222 e. The lowest BCUT2D eigenvalue weighted by Crippen LogP contribution is -2.48. The number of carbonyl (C=O) groups excluding carboxylic acids is 1. The summed E-state index contributed by atoms with van der Waals surface area (Å²) < 4.78 is 0. The van der Waals surface area contributed by atoms with Crippen molar-refractivity contribution >= 4 is 27.5 Å². The van der Waals surface area contributed by atoms with E-state index in [4.69, 9.17) is 0 Å². The summed E-state index contributed by atoms with van der Waals surface area (Å²) in [6, 6.07) is 10.4. The molecule has 0 saturated carbocycles. The fourth-order valence-electron chi connectivity index (χ4n) is 2.56. The van der Waals surface area contributed by atoms with E-state index in [0.717, 1.165) is 50.8 Å². The molecule has 0 bridgehead atoms. The van der Waals surface area contributed by atoms with Gasteiger partial charge in [-0.3, -0.25) is 4.79 Å². The Morgan fingerprint density at radius 3 is 2.35 bits per heavy atom. The Bertz CT molecular complexity index is 402. The van der Waals surface area contributed by atoms with Crippen LogP contribution in [0, 0.1) is 0 Å². The highest BCUT2D eigenvalue weighted by Crippen LogP contribution is 2.16. The van der Waals surface area contributed by atoms with E-state index >= 15 is 0 Å². The van der Waals surface area contributed by atoms with Crippen molar-refractivity contribution in [1.82, 2.24) is 4.90 Å². The Kier molecular flexibility index (Phi) is 6.37. The molecule has 1 aromatic rings. The van der Waals surface area contributed by atoms with Crippen LogP contribution >= 0.6 is 15.9 Å². The van der Waals surface area contributed by atoms with E-state index in [1.165, 1.54) is 5.69 Å². The lowest BCUT2D eigenvalue weighted by molar-refractivity contribution is -0.131. The Labute approximate surface area is 130 Å². The second-order valence-corrected chi connectivity index (χ2v) is 6.00. The Morgan fingerprint density at radius 1 is 1.00 bits per heavy atom. The number of halogens is 1. The molecule has 0 aliphatic carbocycles. The Hall–Kier alpha value is -1.03.